The molecule has 1 atom stereocenters. The zero-order valence-electron chi connectivity index (χ0n) is 20.1. The molecule has 1 saturated carbocycles. The highest BCUT2D eigenvalue weighted by atomic mass is 19.1. The van der Waals surface area contributed by atoms with Crippen LogP contribution in [0.3, 0.4) is 0 Å². The lowest BCUT2D eigenvalue weighted by Crippen LogP contribution is -2.29. The van der Waals surface area contributed by atoms with E-state index in [1.165, 1.54) is 12.6 Å². The van der Waals surface area contributed by atoms with Crippen molar-refractivity contribution in [1.82, 2.24) is 35.1 Å². The number of hydrogen-bond acceptors (Lipinski definition) is 8. The highest BCUT2D eigenvalue weighted by Gasteiger charge is 2.30. The average molecular weight is 500 g/mol. The highest BCUT2D eigenvalue weighted by Crippen LogP contribution is 2.36. The number of nitrogens with one attached hydrogen (secondary N) is 3. The number of piperidine rings is 1. The van der Waals surface area contributed by atoms with Crippen molar-refractivity contribution in [3.05, 3.63) is 42.7 Å². The number of aliphatic hydroxyl groups excluding tert-OH is 1. The van der Waals surface area contributed by atoms with Crippen molar-refractivity contribution >= 4 is 33.6 Å². The van der Waals surface area contributed by atoms with Crippen molar-refractivity contribution in [3.8, 4) is 22.6 Å². The van der Waals surface area contributed by atoms with Crippen LogP contribution in [0.15, 0.2) is 36.9 Å². The van der Waals surface area contributed by atoms with Crippen LogP contribution < -0.4 is 10.2 Å². The van der Waals surface area contributed by atoms with E-state index in [2.05, 4.69) is 45.3 Å². The van der Waals surface area contributed by atoms with E-state index in [0.29, 0.717) is 28.4 Å². The number of H-pyrrole nitrogens is 2. The lowest BCUT2D eigenvalue weighted by Gasteiger charge is -2.28. The van der Waals surface area contributed by atoms with E-state index in [1.807, 2.05) is 6.07 Å². The van der Waals surface area contributed by atoms with E-state index < -0.39 is 12.0 Å². The van der Waals surface area contributed by atoms with Gasteiger partial charge in [0.05, 0.1) is 23.0 Å². The first kappa shape index (κ1) is 22.1. The Hall–Kier alpha value is -4.12. The van der Waals surface area contributed by atoms with Gasteiger partial charge in [0.15, 0.2) is 17.1 Å². The summed E-state index contributed by atoms with van der Waals surface area (Å²) in [4.78, 5) is 23.4. The minimum Gasteiger partial charge on any atom is -0.374 e. The van der Waals surface area contributed by atoms with Crippen molar-refractivity contribution < 1.29 is 9.50 Å². The molecule has 7 rings (SSSR count). The Morgan fingerprint density at radius 1 is 1.08 bits per heavy atom. The second-order valence-corrected chi connectivity index (χ2v) is 9.83. The van der Waals surface area contributed by atoms with Gasteiger partial charge in [0.25, 0.3) is 0 Å². The molecule has 1 saturated heterocycles. The van der Waals surface area contributed by atoms with E-state index in [9.17, 15) is 5.11 Å². The van der Waals surface area contributed by atoms with Gasteiger partial charge in [0.2, 0.25) is 0 Å². The topological polar surface area (TPSA) is 132 Å². The van der Waals surface area contributed by atoms with Crippen molar-refractivity contribution in [2.45, 2.75) is 38.3 Å². The van der Waals surface area contributed by atoms with Crippen LogP contribution in [0.2, 0.25) is 0 Å². The van der Waals surface area contributed by atoms with Crippen LogP contribution in [-0.2, 0) is 0 Å². The maximum absolute atomic E-state index is 16.0. The normalized spacial score (nSPS) is 17.0. The Morgan fingerprint density at radius 3 is 2.78 bits per heavy atom. The number of fused-ring (bicyclic) bond motifs is 2. The predicted octanol–water partition coefficient (Wildman–Crippen LogP) is 4.23. The summed E-state index contributed by atoms with van der Waals surface area (Å²) in [6, 6.07) is 3.76. The molecule has 0 spiro atoms. The minimum atomic E-state index is -0.639. The molecule has 10 nitrogen and oxygen atoms in total. The number of halogens is 1. The fourth-order valence-corrected chi connectivity index (χ4v) is 5.10. The van der Waals surface area contributed by atoms with Gasteiger partial charge in [-0.15, -0.1) is 0 Å². The van der Waals surface area contributed by atoms with Gasteiger partial charge >= 0.3 is 0 Å². The summed E-state index contributed by atoms with van der Waals surface area (Å²) in [5.74, 6) is 0.231. The van der Waals surface area contributed by atoms with E-state index in [1.54, 1.807) is 24.7 Å². The third-order valence-electron chi connectivity index (χ3n) is 7.26. The number of anilines is 2. The summed E-state index contributed by atoms with van der Waals surface area (Å²) < 4.78 is 16.0. The quantitative estimate of drug-likeness (QED) is 0.255. The van der Waals surface area contributed by atoms with Gasteiger partial charge in [-0.05, 0) is 44.2 Å². The monoisotopic (exact) mass is 499 g/mol. The molecule has 0 bridgehead atoms. The van der Waals surface area contributed by atoms with Crippen molar-refractivity contribution in [2.75, 3.05) is 23.3 Å². The smallest absolute Gasteiger partial charge is 0.184 e. The van der Waals surface area contributed by atoms with Crippen LogP contribution in [0.25, 0.3) is 44.8 Å². The Labute approximate surface area is 211 Å². The zero-order valence-corrected chi connectivity index (χ0v) is 20.1. The molecule has 0 radical (unpaired) electrons. The van der Waals surface area contributed by atoms with Crippen molar-refractivity contribution in [1.29, 1.82) is 0 Å². The molecule has 37 heavy (non-hydrogen) atoms. The first-order chi connectivity index (χ1) is 18.2. The zero-order chi connectivity index (χ0) is 24.9. The van der Waals surface area contributed by atoms with Gasteiger partial charge in [-0.1, -0.05) is 0 Å². The number of rotatable bonds is 6. The number of aromatic nitrogens is 7. The van der Waals surface area contributed by atoms with Gasteiger partial charge in [0.1, 0.15) is 23.3 Å². The highest BCUT2D eigenvalue weighted by molar-refractivity contribution is 5.95. The van der Waals surface area contributed by atoms with E-state index in [4.69, 9.17) is 0 Å². The first-order valence-corrected chi connectivity index (χ1v) is 12.7. The average Bonchev–Trinajstić information content (AvgIpc) is 3.54. The maximum Gasteiger partial charge on any atom is 0.184 e. The number of hydrogen-bond donors (Lipinski definition) is 4. The number of pyridine rings is 3. The van der Waals surface area contributed by atoms with Crippen molar-refractivity contribution in [3.63, 3.8) is 0 Å². The SMILES string of the molecule is OC(Nc1cncc(-c2cnc3n[nH]c(-c4nc5nccc(N6CCCCC6)c5[nH]4)c3c2F)c1)C1CC1. The molecule has 11 heteroatoms. The van der Waals surface area contributed by atoms with Gasteiger partial charge < -0.3 is 20.3 Å². The van der Waals surface area contributed by atoms with Crippen LogP contribution in [0.4, 0.5) is 15.8 Å². The van der Waals surface area contributed by atoms with Crippen LogP contribution >= 0.6 is 0 Å². The molecule has 1 aliphatic carbocycles. The van der Waals surface area contributed by atoms with E-state index in [0.717, 1.165) is 50.0 Å². The number of nitrogens with zero attached hydrogens (tertiary/aromatic N) is 6. The Bertz CT molecular complexity index is 1600. The van der Waals surface area contributed by atoms with E-state index >= 15 is 4.39 Å². The third-order valence-corrected chi connectivity index (χ3v) is 7.26. The molecule has 5 aromatic rings. The number of aromatic amines is 2. The summed E-state index contributed by atoms with van der Waals surface area (Å²) in [6.45, 7) is 1.98. The largest absolute Gasteiger partial charge is 0.374 e. The molecule has 0 aromatic carbocycles. The predicted molar refractivity (Wildman–Crippen MR) is 138 cm³/mol. The first-order valence-electron chi connectivity index (χ1n) is 12.7. The third kappa shape index (κ3) is 3.95. The van der Waals surface area contributed by atoms with Crippen molar-refractivity contribution in [2.24, 2.45) is 5.92 Å². The molecule has 4 N–H and O–H groups in total. The van der Waals surface area contributed by atoms with Gasteiger partial charge in [-0.2, -0.15) is 5.10 Å². The second-order valence-electron chi connectivity index (χ2n) is 9.83. The Morgan fingerprint density at radius 2 is 1.95 bits per heavy atom. The maximum atomic E-state index is 16.0. The summed E-state index contributed by atoms with van der Waals surface area (Å²) in [5.41, 5.74) is 4.57. The van der Waals surface area contributed by atoms with Gasteiger partial charge in [0, 0.05) is 48.7 Å². The molecule has 2 aliphatic rings. The van der Waals surface area contributed by atoms with E-state index in [-0.39, 0.29) is 22.5 Å². The molecular weight excluding hydrogens is 473 g/mol. The lowest BCUT2D eigenvalue weighted by atomic mass is 10.1. The minimum absolute atomic E-state index is 0.243. The molecule has 5 aromatic heterocycles. The number of imidazole rings is 1. The van der Waals surface area contributed by atoms with Gasteiger partial charge in [-0.3, -0.25) is 10.1 Å². The fourth-order valence-electron chi connectivity index (χ4n) is 5.10. The Kier molecular flexibility index (Phi) is 5.24. The van der Waals surface area contributed by atoms with Gasteiger partial charge in [-0.25, -0.2) is 19.3 Å². The second kappa shape index (κ2) is 8.77. The summed E-state index contributed by atoms with van der Waals surface area (Å²) in [5, 5.41) is 20.7. The standard InChI is InChI=1S/C26H26FN9O/c27-20-17(15-10-16(12-28-11-15)31-26(37)14-4-5-14)13-30-23-19(20)22(34-35-23)25-32-21-18(6-7-29-24(21)33-25)36-8-2-1-3-9-36/h6-7,10-14,26,31,37H,1-5,8-9H2,(H,29,32,33)(H,30,34,35). The molecule has 0 amide bonds. The van der Waals surface area contributed by atoms with Crippen LogP contribution in [0.1, 0.15) is 32.1 Å². The summed E-state index contributed by atoms with van der Waals surface area (Å²) in [7, 11) is 0. The molecule has 6 heterocycles. The summed E-state index contributed by atoms with van der Waals surface area (Å²) >= 11 is 0. The van der Waals surface area contributed by atoms with Crippen LogP contribution in [0.5, 0.6) is 0 Å². The Balaban J connectivity index is 1.28. The molecule has 1 aliphatic heterocycles. The fraction of sp³-hybridized carbons (Fsp3) is 0.346. The molecule has 1 unspecified atom stereocenters. The summed E-state index contributed by atoms with van der Waals surface area (Å²) in [6.07, 6.45) is 11.3. The molecule has 2 fully saturated rings. The molecule has 188 valence electrons. The molecular formula is C26H26FN9O. The van der Waals surface area contributed by atoms with Crippen LogP contribution in [0, 0.1) is 11.7 Å². The number of aliphatic hydroxyl groups is 1. The van der Waals surface area contributed by atoms with Crippen LogP contribution in [-0.4, -0.2) is 59.5 Å². The lowest BCUT2D eigenvalue weighted by molar-refractivity contribution is 0.180.